The zero-order valence-corrected chi connectivity index (χ0v) is 15.8. The fourth-order valence-corrected chi connectivity index (χ4v) is 3.91. The number of hydrogen-bond acceptors (Lipinski definition) is 2. The molecule has 142 valence electrons. The smallest absolute Gasteiger partial charge is 0.256 e. The van der Waals surface area contributed by atoms with E-state index in [9.17, 15) is 9.18 Å². The Hall–Kier alpha value is -3.73. The van der Waals surface area contributed by atoms with E-state index < -0.39 is 6.04 Å². The summed E-state index contributed by atoms with van der Waals surface area (Å²) in [6, 6.07) is 21.0. The first-order chi connectivity index (χ1) is 14.1. The zero-order chi connectivity index (χ0) is 20.0. The Morgan fingerprint density at radius 2 is 1.62 bits per heavy atom. The van der Waals surface area contributed by atoms with E-state index in [1.165, 1.54) is 6.07 Å². The van der Waals surface area contributed by atoms with Crippen LogP contribution in [-0.4, -0.2) is 23.7 Å². The molecule has 1 aliphatic heterocycles. The number of benzodiazepines with no additional fused rings is 1. The molecule has 5 rings (SSSR count). The Morgan fingerprint density at radius 3 is 2.45 bits per heavy atom. The highest BCUT2D eigenvalue weighted by Gasteiger charge is 2.32. The molecule has 0 saturated carbocycles. The number of H-pyrrole nitrogens is 1. The van der Waals surface area contributed by atoms with Crippen LogP contribution in [0.3, 0.4) is 0 Å². The van der Waals surface area contributed by atoms with Gasteiger partial charge in [0.1, 0.15) is 5.82 Å². The van der Waals surface area contributed by atoms with E-state index in [1.54, 1.807) is 30.1 Å². The molecule has 1 N–H and O–H groups in total. The highest BCUT2D eigenvalue weighted by atomic mass is 19.1. The third-order valence-corrected chi connectivity index (χ3v) is 5.39. The van der Waals surface area contributed by atoms with E-state index in [-0.39, 0.29) is 11.7 Å². The van der Waals surface area contributed by atoms with Gasteiger partial charge in [0.25, 0.3) is 5.91 Å². The Balaban J connectivity index is 1.80. The number of rotatable bonds is 2. The van der Waals surface area contributed by atoms with E-state index >= 15 is 0 Å². The van der Waals surface area contributed by atoms with Crippen LogP contribution in [0.2, 0.25) is 0 Å². The lowest BCUT2D eigenvalue weighted by Gasteiger charge is -2.20. The first-order valence-electron chi connectivity index (χ1n) is 9.41. The summed E-state index contributed by atoms with van der Waals surface area (Å²) in [6.45, 7) is 0. The van der Waals surface area contributed by atoms with Crippen molar-refractivity contribution >= 4 is 28.2 Å². The van der Waals surface area contributed by atoms with Gasteiger partial charge >= 0.3 is 0 Å². The fraction of sp³-hybridized carbons (Fsp3) is 0.0833. The van der Waals surface area contributed by atoms with Crippen LogP contribution >= 0.6 is 0 Å². The molecule has 0 bridgehead atoms. The average molecular weight is 383 g/mol. The van der Waals surface area contributed by atoms with Gasteiger partial charge < -0.3 is 9.88 Å². The number of likely N-dealkylation sites (N-methyl/N-ethyl adjacent to an activating group) is 1. The quantitative estimate of drug-likeness (QED) is 0.528. The number of aromatic nitrogens is 1. The Morgan fingerprint density at radius 1 is 0.931 bits per heavy atom. The number of amides is 1. The number of anilines is 1. The maximum absolute atomic E-state index is 14.7. The molecule has 1 aromatic heterocycles. The molecule has 0 fully saturated rings. The van der Waals surface area contributed by atoms with Gasteiger partial charge in [-0.05, 0) is 24.3 Å². The second-order valence-electron chi connectivity index (χ2n) is 7.06. The third kappa shape index (κ3) is 2.74. The van der Waals surface area contributed by atoms with Gasteiger partial charge in [-0.2, -0.15) is 0 Å². The molecule has 1 unspecified atom stereocenters. The van der Waals surface area contributed by atoms with Crippen LogP contribution in [0, 0.1) is 5.82 Å². The Kier molecular flexibility index (Phi) is 4.02. The highest BCUT2D eigenvalue weighted by molar-refractivity contribution is 6.20. The first kappa shape index (κ1) is 17.4. The van der Waals surface area contributed by atoms with Crippen molar-refractivity contribution < 1.29 is 9.18 Å². The lowest BCUT2D eigenvalue weighted by molar-refractivity contribution is -0.119. The van der Waals surface area contributed by atoms with Gasteiger partial charge in [0, 0.05) is 40.8 Å². The van der Waals surface area contributed by atoms with E-state index in [2.05, 4.69) is 4.98 Å². The molecule has 0 radical (unpaired) electrons. The van der Waals surface area contributed by atoms with Crippen molar-refractivity contribution in [2.45, 2.75) is 6.04 Å². The van der Waals surface area contributed by atoms with E-state index in [0.29, 0.717) is 17.0 Å². The van der Waals surface area contributed by atoms with Crippen LogP contribution in [0.5, 0.6) is 0 Å². The number of aliphatic imine (C=N–C) groups is 1. The lowest BCUT2D eigenvalue weighted by atomic mass is 9.99. The normalized spacial score (nSPS) is 16.5. The van der Waals surface area contributed by atoms with E-state index in [1.807, 2.05) is 54.7 Å². The maximum Gasteiger partial charge on any atom is 0.256 e. The SMILES string of the molecule is CN1C(=O)C(c2c[nH]c3ccccc23)N=C(c2ccccc2F)c2ccccc21. The van der Waals surface area contributed by atoms with Crippen molar-refractivity contribution in [3.63, 3.8) is 0 Å². The summed E-state index contributed by atoms with van der Waals surface area (Å²) in [4.78, 5) is 23.1. The van der Waals surface area contributed by atoms with Gasteiger partial charge in [0.15, 0.2) is 6.04 Å². The van der Waals surface area contributed by atoms with Crippen LogP contribution in [0.25, 0.3) is 10.9 Å². The number of carbonyl (C=O) groups excluding carboxylic acids is 1. The van der Waals surface area contributed by atoms with Crippen molar-refractivity contribution in [1.82, 2.24) is 4.98 Å². The number of carbonyl (C=O) groups is 1. The number of hydrogen-bond donors (Lipinski definition) is 1. The monoisotopic (exact) mass is 383 g/mol. The predicted octanol–water partition coefficient (Wildman–Crippen LogP) is 4.86. The molecule has 29 heavy (non-hydrogen) atoms. The molecule has 5 heteroatoms. The molecule has 0 aliphatic carbocycles. The average Bonchev–Trinajstić information content (AvgIpc) is 3.14. The minimum Gasteiger partial charge on any atom is -0.361 e. The predicted molar refractivity (Wildman–Crippen MR) is 113 cm³/mol. The fourth-order valence-electron chi connectivity index (χ4n) is 3.91. The lowest BCUT2D eigenvalue weighted by Crippen LogP contribution is -2.30. The molecule has 1 atom stereocenters. The maximum atomic E-state index is 14.7. The van der Waals surface area contributed by atoms with Crippen molar-refractivity contribution in [2.24, 2.45) is 4.99 Å². The van der Waals surface area contributed by atoms with Crippen LogP contribution in [0.15, 0.2) is 84.0 Å². The molecule has 4 nitrogen and oxygen atoms in total. The third-order valence-electron chi connectivity index (χ3n) is 5.39. The molecule has 0 spiro atoms. The van der Waals surface area contributed by atoms with Gasteiger partial charge in [-0.1, -0.05) is 48.5 Å². The summed E-state index contributed by atoms with van der Waals surface area (Å²) in [5, 5.41) is 0.932. The summed E-state index contributed by atoms with van der Waals surface area (Å²) < 4.78 is 14.7. The van der Waals surface area contributed by atoms with Crippen LogP contribution in [0.4, 0.5) is 10.1 Å². The summed E-state index contributed by atoms with van der Waals surface area (Å²) in [5.74, 6) is -0.524. The summed E-state index contributed by atoms with van der Waals surface area (Å²) in [6.07, 6.45) is 1.82. The van der Waals surface area contributed by atoms with E-state index in [4.69, 9.17) is 4.99 Å². The number of para-hydroxylation sites is 2. The molecule has 3 aromatic carbocycles. The van der Waals surface area contributed by atoms with Gasteiger partial charge in [-0.3, -0.25) is 9.79 Å². The molecule has 1 aliphatic rings. The number of benzene rings is 3. The molecular weight excluding hydrogens is 365 g/mol. The van der Waals surface area contributed by atoms with Gasteiger partial charge in [-0.25, -0.2) is 4.39 Å². The van der Waals surface area contributed by atoms with Gasteiger partial charge in [0.05, 0.1) is 11.4 Å². The Bertz CT molecular complexity index is 1270. The zero-order valence-electron chi connectivity index (χ0n) is 15.8. The minimum absolute atomic E-state index is 0.159. The second-order valence-corrected chi connectivity index (χ2v) is 7.06. The number of aromatic amines is 1. The minimum atomic E-state index is -0.779. The topological polar surface area (TPSA) is 48.5 Å². The number of nitrogens with zero attached hydrogens (tertiary/aromatic N) is 2. The van der Waals surface area contributed by atoms with Gasteiger partial charge in [-0.15, -0.1) is 0 Å². The van der Waals surface area contributed by atoms with Crippen molar-refractivity contribution in [2.75, 3.05) is 11.9 Å². The summed E-state index contributed by atoms with van der Waals surface area (Å²) >= 11 is 0. The van der Waals surface area contributed by atoms with E-state index in [0.717, 1.165) is 22.0 Å². The van der Waals surface area contributed by atoms with Crippen LogP contribution in [0.1, 0.15) is 22.7 Å². The summed E-state index contributed by atoms with van der Waals surface area (Å²) in [5.41, 5.74) is 4.01. The van der Waals surface area contributed by atoms with Crippen molar-refractivity contribution in [1.29, 1.82) is 0 Å². The number of nitrogens with one attached hydrogen (secondary N) is 1. The number of halogens is 1. The van der Waals surface area contributed by atoms with Crippen molar-refractivity contribution in [3.8, 4) is 0 Å². The molecule has 1 amide bonds. The standard InChI is InChI=1S/C24H18FN3O/c1-28-21-13-7-4-10-17(21)22(16-9-2-5-11-19(16)25)27-23(24(28)29)18-14-26-20-12-6-3-8-15(18)20/h2-14,23,26H,1H3. The second kappa shape index (κ2) is 6.71. The highest BCUT2D eigenvalue weighted by Crippen LogP contribution is 2.35. The van der Waals surface area contributed by atoms with Gasteiger partial charge in [0.2, 0.25) is 0 Å². The first-order valence-corrected chi connectivity index (χ1v) is 9.41. The summed E-state index contributed by atoms with van der Waals surface area (Å²) in [7, 11) is 1.74. The van der Waals surface area contributed by atoms with Crippen LogP contribution in [-0.2, 0) is 4.79 Å². The number of fused-ring (bicyclic) bond motifs is 2. The largest absolute Gasteiger partial charge is 0.361 e. The van der Waals surface area contributed by atoms with Crippen LogP contribution < -0.4 is 4.90 Å². The Labute approximate surface area is 167 Å². The molecule has 2 heterocycles. The molecular formula is C24H18FN3O. The van der Waals surface area contributed by atoms with Crippen molar-refractivity contribution in [3.05, 3.63) is 102 Å². The molecule has 0 saturated heterocycles. The molecule has 4 aromatic rings.